The molecule has 6 nitrogen and oxygen atoms in total. The van der Waals surface area contributed by atoms with Gasteiger partial charge in [-0.25, -0.2) is 0 Å². The molecule has 1 aliphatic carbocycles. The Hall–Kier alpha value is -2.21. The van der Waals surface area contributed by atoms with Gasteiger partial charge < -0.3 is 10.2 Å². The van der Waals surface area contributed by atoms with E-state index in [-0.39, 0.29) is 11.8 Å². The summed E-state index contributed by atoms with van der Waals surface area (Å²) < 4.78 is 0. The van der Waals surface area contributed by atoms with Gasteiger partial charge in [-0.05, 0) is 57.2 Å². The van der Waals surface area contributed by atoms with E-state index in [0.29, 0.717) is 18.5 Å². The number of nitrogens with one attached hydrogen (secondary N) is 1. The molecule has 4 rings (SSSR count). The van der Waals surface area contributed by atoms with Crippen molar-refractivity contribution in [2.45, 2.75) is 82.8 Å². The predicted octanol–water partition coefficient (Wildman–Crippen LogP) is 3.30. The molecule has 1 unspecified atom stereocenters. The fourth-order valence-electron chi connectivity index (χ4n) is 5.25. The van der Waals surface area contributed by atoms with Crippen LogP contribution in [0.5, 0.6) is 0 Å². The molecular formula is C25H35N3O3. The fourth-order valence-corrected chi connectivity index (χ4v) is 5.25. The monoisotopic (exact) mass is 425 g/mol. The van der Waals surface area contributed by atoms with Gasteiger partial charge in [0.1, 0.15) is 0 Å². The summed E-state index contributed by atoms with van der Waals surface area (Å²) in [5, 5.41) is 2.89. The van der Waals surface area contributed by atoms with Crippen LogP contribution < -0.4 is 5.32 Å². The lowest BCUT2D eigenvalue weighted by Gasteiger charge is -2.27. The Morgan fingerprint density at radius 3 is 2.19 bits per heavy atom. The summed E-state index contributed by atoms with van der Waals surface area (Å²) in [6, 6.07) is 7.37. The molecule has 2 saturated heterocycles. The summed E-state index contributed by atoms with van der Waals surface area (Å²) in [5.74, 6) is -1.16. The summed E-state index contributed by atoms with van der Waals surface area (Å²) in [4.78, 5) is 42.4. The van der Waals surface area contributed by atoms with Crippen molar-refractivity contribution in [3.05, 3.63) is 35.4 Å². The Labute approximate surface area is 185 Å². The smallest absolute Gasteiger partial charge is 0.312 e. The zero-order valence-electron chi connectivity index (χ0n) is 18.5. The average molecular weight is 426 g/mol. The molecule has 1 aromatic carbocycles. The van der Waals surface area contributed by atoms with Gasteiger partial charge in [0.25, 0.3) is 0 Å². The van der Waals surface area contributed by atoms with Crippen LogP contribution in [0.15, 0.2) is 24.3 Å². The Balaban J connectivity index is 1.35. The largest absolute Gasteiger partial charge is 0.345 e. The van der Waals surface area contributed by atoms with E-state index < -0.39 is 17.9 Å². The molecule has 0 bridgehead atoms. The molecule has 1 atom stereocenters. The van der Waals surface area contributed by atoms with Crippen molar-refractivity contribution in [1.29, 1.82) is 0 Å². The van der Waals surface area contributed by atoms with Crippen molar-refractivity contribution < 1.29 is 14.4 Å². The minimum atomic E-state index is -0.553. The van der Waals surface area contributed by atoms with Crippen LogP contribution in [0.4, 0.5) is 0 Å². The van der Waals surface area contributed by atoms with E-state index in [4.69, 9.17) is 0 Å². The van der Waals surface area contributed by atoms with Crippen LogP contribution in [0.25, 0.3) is 0 Å². The lowest BCUT2D eigenvalue weighted by molar-refractivity contribution is -0.146. The maximum Gasteiger partial charge on any atom is 0.312 e. The molecular weight excluding hydrogens is 390 g/mol. The van der Waals surface area contributed by atoms with Crippen molar-refractivity contribution in [3.63, 3.8) is 0 Å². The van der Waals surface area contributed by atoms with Crippen molar-refractivity contribution >= 4 is 17.6 Å². The molecule has 2 amide bonds. The number of likely N-dealkylation sites (tertiary alicyclic amines) is 2. The molecule has 3 fully saturated rings. The highest BCUT2D eigenvalue weighted by atomic mass is 16.2. The van der Waals surface area contributed by atoms with Gasteiger partial charge in [-0.1, -0.05) is 49.9 Å². The summed E-state index contributed by atoms with van der Waals surface area (Å²) >= 11 is 0. The van der Waals surface area contributed by atoms with E-state index in [9.17, 15) is 14.4 Å². The van der Waals surface area contributed by atoms with Crippen molar-refractivity contribution in [2.24, 2.45) is 0 Å². The van der Waals surface area contributed by atoms with Gasteiger partial charge in [0.15, 0.2) is 5.78 Å². The average Bonchev–Trinajstić information content (AvgIpc) is 3.30. The molecule has 168 valence electrons. The highest BCUT2D eigenvalue weighted by Crippen LogP contribution is 2.23. The SMILES string of the molecule is O=C(NC1CCCCC1)C(=O)N1CCCC1C(=O)c1ccc(CN2CCCCC2)cc1. The third-order valence-electron chi connectivity index (χ3n) is 7.04. The number of benzene rings is 1. The maximum absolute atomic E-state index is 13.1. The number of nitrogens with zero attached hydrogens (tertiary/aromatic N) is 2. The van der Waals surface area contributed by atoms with Gasteiger partial charge in [-0.2, -0.15) is 0 Å². The molecule has 0 radical (unpaired) electrons. The van der Waals surface area contributed by atoms with Gasteiger partial charge in [0, 0.05) is 24.7 Å². The van der Waals surface area contributed by atoms with Crippen LogP contribution in [-0.4, -0.2) is 59.1 Å². The normalized spacial score (nSPS) is 23.0. The van der Waals surface area contributed by atoms with E-state index in [2.05, 4.69) is 10.2 Å². The number of piperidine rings is 1. The number of rotatable bonds is 5. The van der Waals surface area contributed by atoms with E-state index >= 15 is 0 Å². The molecule has 1 aromatic rings. The van der Waals surface area contributed by atoms with Crippen LogP contribution >= 0.6 is 0 Å². The highest BCUT2D eigenvalue weighted by Gasteiger charge is 2.37. The number of ketones is 1. The summed E-state index contributed by atoms with van der Waals surface area (Å²) in [7, 11) is 0. The van der Waals surface area contributed by atoms with E-state index in [0.717, 1.165) is 51.7 Å². The minimum Gasteiger partial charge on any atom is -0.345 e. The number of carbonyl (C=O) groups is 3. The summed E-state index contributed by atoms with van der Waals surface area (Å²) in [5.41, 5.74) is 1.84. The third kappa shape index (κ3) is 5.53. The molecule has 6 heteroatoms. The Bertz CT molecular complexity index is 780. The fraction of sp³-hybridized carbons (Fsp3) is 0.640. The quantitative estimate of drug-likeness (QED) is 0.581. The topological polar surface area (TPSA) is 69.7 Å². The first-order chi connectivity index (χ1) is 15.1. The molecule has 1 saturated carbocycles. The second-order valence-electron chi connectivity index (χ2n) is 9.36. The molecule has 2 heterocycles. The van der Waals surface area contributed by atoms with Crippen LogP contribution in [0, 0.1) is 0 Å². The number of Topliss-reactive ketones (excluding diaryl/α,β-unsaturated/α-hetero) is 1. The molecule has 3 aliphatic rings. The molecule has 0 spiro atoms. The minimum absolute atomic E-state index is 0.0548. The van der Waals surface area contributed by atoms with Crippen molar-refractivity contribution in [1.82, 2.24) is 15.1 Å². The van der Waals surface area contributed by atoms with Gasteiger partial charge in [0.05, 0.1) is 6.04 Å². The van der Waals surface area contributed by atoms with E-state index in [1.54, 1.807) is 0 Å². The molecule has 1 N–H and O–H groups in total. The van der Waals surface area contributed by atoms with Gasteiger partial charge in [-0.15, -0.1) is 0 Å². The Morgan fingerprint density at radius 1 is 0.806 bits per heavy atom. The number of hydrogen-bond acceptors (Lipinski definition) is 4. The Kier molecular flexibility index (Phi) is 7.38. The number of carbonyl (C=O) groups excluding carboxylic acids is 3. The Morgan fingerprint density at radius 2 is 1.48 bits per heavy atom. The molecule has 0 aromatic heterocycles. The number of amides is 2. The van der Waals surface area contributed by atoms with Crippen molar-refractivity contribution in [2.75, 3.05) is 19.6 Å². The first kappa shape index (κ1) is 22.0. The van der Waals surface area contributed by atoms with Gasteiger partial charge >= 0.3 is 11.8 Å². The van der Waals surface area contributed by atoms with Crippen LogP contribution in [0.3, 0.4) is 0 Å². The second-order valence-corrected chi connectivity index (χ2v) is 9.36. The van der Waals surface area contributed by atoms with Crippen LogP contribution in [-0.2, 0) is 16.1 Å². The molecule has 2 aliphatic heterocycles. The van der Waals surface area contributed by atoms with Crippen molar-refractivity contribution in [3.8, 4) is 0 Å². The first-order valence-corrected chi connectivity index (χ1v) is 12.1. The van der Waals surface area contributed by atoms with Gasteiger partial charge in [-0.3, -0.25) is 19.3 Å². The second kappa shape index (κ2) is 10.4. The van der Waals surface area contributed by atoms with E-state index in [1.807, 2.05) is 24.3 Å². The molecule has 31 heavy (non-hydrogen) atoms. The first-order valence-electron chi connectivity index (χ1n) is 12.1. The lowest BCUT2D eigenvalue weighted by Crippen LogP contribution is -2.50. The van der Waals surface area contributed by atoms with Gasteiger partial charge in [0.2, 0.25) is 0 Å². The van der Waals surface area contributed by atoms with E-state index in [1.165, 1.54) is 36.1 Å². The zero-order valence-corrected chi connectivity index (χ0v) is 18.5. The third-order valence-corrected chi connectivity index (χ3v) is 7.04. The predicted molar refractivity (Wildman–Crippen MR) is 120 cm³/mol. The summed E-state index contributed by atoms with van der Waals surface area (Å²) in [6.07, 6.45) is 10.5. The lowest BCUT2D eigenvalue weighted by atomic mass is 9.95. The summed E-state index contributed by atoms with van der Waals surface area (Å²) in [6.45, 7) is 3.68. The zero-order chi connectivity index (χ0) is 21.6. The van der Waals surface area contributed by atoms with Crippen LogP contribution in [0.2, 0.25) is 0 Å². The maximum atomic E-state index is 13.1. The van der Waals surface area contributed by atoms with Crippen LogP contribution in [0.1, 0.15) is 80.1 Å². The number of hydrogen-bond donors (Lipinski definition) is 1. The standard InChI is InChI=1S/C25H35N3O3/c29-23(20-13-11-19(12-14-20)18-27-15-5-2-6-16-27)22-10-7-17-28(22)25(31)24(30)26-21-8-3-1-4-9-21/h11-14,21-22H,1-10,15-18H2,(H,26,30). The highest BCUT2D eigenvalue weighted by molar-refractivity contribution is 6.35.